The third-order valence-electron chi connectivity index (χ3n) is 5.20. The van der Waals surface area contributed by atoms with Crippen LogP contribution in [0.1, 0.15) is 50.3 Å². The van der Waals surface area contributed by atoms with E-state index in [1.54, 1.807) is 6.92 Å². The van der Waals surface area contributed by atoms with Crippen molar-refractivity contribution < 1.29 is 14.3 Å². The summed E-state index contributed by atoms with van der Waals surface area (Å²) in [5, 5.41) is 5.76. The minimum absolute atomic E-state index is 0.278. The maximum absolute atomic E-state index is 12.8. The van der Waals surface area contributed by atoms with Crippen LogP contribution in [0.25, 0.3) is 0 Å². The predicted octanol–water partition coefficient (Wildman–Crippen LogP) is 2.91. The van der Waals surface area contributed by atoms with Crippen molar-refractivity contribution in [1.82, 2.24) is 15.5 Å². The summed E-state index contributed by atoms with van der Waals surface area (Å²) in [5.74, 6) is -0.374. The van der Waals surface area contributed by atoms with Gasteiger partial charge in [-0.1, -0.05) is 37.6 Å². The van der Waals surface area contributed by atoms with Crippen LogP contribution < -0.4 is 10.6 Å². The van der Waals surface area contributed by atoms with Crippen molar-refractivity contribution in [3.05, 3.63) is 46.7 Å². The van der Waals surface area contributed by atoms with E-state index in [0.29, 0.717) is 24.4 Å². The summed E-state index contributed by atoms with van der Waals surface area (Å²) in [6.45, 7) is 6.72. The number of hydrogen-bond acceptors (Lipinski definition) is 4. The average Bonchev–Trinajstić information content (AvgIpc) is 2.68. The van der Waals surface area contributed by atoms with E-state index in [9.17, 15) is 9.59 Å². The van der Waals surface area contributed by atoms with Crippen molar-refractivity contribution in [2.75, 3.05) is 26.2 Å². The number of nitrogens with one attached hydrogen (secondary N) is 2. The van der Waals surface area contributed by atoms with Gasteiger partial charge in [-0.25, -0.2) is 9.59 Å². The van der Waals surface area contributed by atoms with E-state index >= 15 is 0 Å². The number of carbonyl (C=O) groups is 2. The molecule has 6 nitrogen and oxygen atoms in total. The first-order valence-electron chi connectivity index (χ1n) is 9.91. The quantitative estimate of drug-likeness (QED) is 0.755. The van der Waals surface area contributed by atoms with Crippen molar-refractivity contribution in [2.24, 2.45) is 0 Å². The lowest BCUT2D eigenvalue weighted by atomic mass is 9.94. The number of rotatable bonds is 6. The molecule has 0 bridgehead atoms. The Balaban J connectivity index is 1.95. The number of carbonyl (C=O) groups excluding carboxylic acids is 2. The van der Waals surface area contributed by atoms with E-state index in [1.165, 1.54) is 12.0 Å². The molecule has 2 amide bonds. The van der Waals surface area contributed by atoms with Gasteiger partial charge in [0.15, 0.2) is 0 Å². The summed E-state index contributed by atoms with van der Waals surface area (Å²) in [6.07, 6.45) is 4.48. The zero-order valence-corrected chi connectivity index (χ0v) is 16.2. The first kappa shape index (κ1) is 19.4. The van der Waals surface area contributed by atoms with E-state index in [4.69, 9.17) is 4.74 Å². The summed E-state index contributed by atoms with van der Waals surface area (Å²) in [7, 11) is 0. The molecule has 0 spiro atoms. The zero-order chi connectivity index (χ0) is 19.2. The number of aryl methyl sites for hydroxylation is 1. The molecule has 0 unspecified atom stereocenters. The topological polar surface area (TPSA) is 70.7 Å². The predicted molar refractivity (Wildman–Crippen MR) is 104 cm³/mol. The third kappa shape index (κ3) is 4.69. The molecule has 6 heteroatoms. The van der Waals surface area contributed by atoms with Crippen LogP contribution in [0.3, 0.4) is 0 Å². The Hall–Kier alpha value is -2.34. The van der Waals surface area contributed by atoms with E-state index in [0.717, 1.165) is 37.9 Å². The molecule has 0 saturated carbocycles. The summed E-state index contributed by atoms with van der Waals surface area (Å²) < 4.78 is 5.33. The number of urea groups is 1. The summed E-state index contributed by atoms with van der Waals surface area (Å²) >= 11 is 0. The van der Waals surface area contributed by atoms with Crippen LogP contribution in [-0.2, 0) is 16.0 Å². The Bertz CT molecular complexity index is 706. The van der Waals surface area contributed by atoms with E-state index in [1.807, 2.05) is 24.3 Å². The Morgan fingerprint density at radius 3 is 2.48 bits per heavy atom. The fourth-order valence-electron chi connectivity index (χ4n) is 3.73. The largest absolute Gasteiger partial charge is 0.463 e. The lowest BCUT2D eigenvalue weighted by Crippen LogP contribution is -2.49. The highest BCUT2D eigenvalue weighted by Crippen LogP contribution is 2.29. The molecule has 2 aliphatic rings. The molecule has 0 aliphatic carbocycles. The number of benzene rings is 1. The Morgan fingerprint density at radius 2 is 1.85 bits per heavy atom. The van der Waals surface area contributed by atoms with Gasteiger partial charge in [0, 0.05) is 12.2 Å². The highest BCUT2D eigenvalue weighted by atomic mass is 16.5. The van der Waals surface area contributed by atoms with Crippen LogP contribution in [0.2, 0.25) is 0 Å². The van der Waals surface area contributed by atoms with Gasteiger partial charge in [-0.3, -0.25) is 4.90 Å². The smallest absolute Gasteiger partial charge is 0.338 e. The highest BCUT2D eigenvalue weighted by molar-refractivity contribution is 5.95. The van der Waals surface area contributed by atoms with Crippen LogP contribution in [0, 0.1) is 0 Å². The third-order valence-corrected chi connectivity index (χ3v) is 5.20. The van der Waals surface area contributed by atoms with E-state index in [-0.39, 0.29) is 12.0 Å². The average molecular weight is 371 g/mol. The summed E-state index contributed by atoms with van der Waals surface area (Å²) in [4.78, 5) is 27.4. The van der Waals surface area contributed by atoms with Gasteiger partial charge in [-0.15, -0.1) is 0 Å². The number of likely N-dealkylation sites (tertiary alicyclic amines) is 1. The Labute approximate surface area is 161 Å². The molecular weight excluding hydrogens is 342 g/mol. The molecule has 27 heavy (non-hydrogen) atoms. The molecule has 146 valence electrons. The molecule has 2 aliphatic heterocycles. The van der Waals surface area contributed by atoms with E-state index in [2.05, 4.69) is 22.5 Å². The standard InChI is InChI=1S/C21H29N3O3/c1-3-15-8-10-16(11-9-15)19-18(20(25)27-4-2)17(22-21(26)23-19)14-24-12-6-5-7-13-24/h8-11,19H,3-7,12-14H2,1-2H3,(H2,22,23,26)/t19-/m1/s1. The van der Waals surface area contributed by atoms with Crippen molar-refractivity contribution in [3.63, 3.8) is 0 Å². The Kier molecular flexibility index (Phi) is 6.50. The molecule has 0 radical (unpaired) electrons. The van der Waals surface area contributed by atoms with Crippen LogP contribution in [0.5, 0.6) is 0 Å². The fourth-order valence-corrected chi connectivity index (χ4v) is 3.73. The molecular formula is C21H29N3O3. The zero-order valence-electron chi connectivity index (χ0n) is 16.2. The molecule has 1 fully saturated rings. The summed E-state index contributed by atoms with van der Waals surface area (Å²) in [5.41, 5.74) is 3.27. The highest BCUT2D eigenvalue weighted by Gasteiger charge is 2.34. The van der Waals surface area contributed by atoms with Crippen molar-refractivity contribution in [2.45, 2.75) is 45.6 Å². The SMILES string of the molecule is CCOC(=O)C1=C(CN2CCCCC2)NC(=O)N[C@@H]1c1ccc(CC)cc1. The molecule has 0 aromatic heterocycles. The van der Waals surface area contributed by atoms with Crippen molar-refractivity contribution in [1.29, 1.82) is 0 Å². The second-order valence-electron chi connectivity index (χ2n) is 7.08. The number of esters is 1. The van der Waals surface area contributed by atoms with Gasteiger partial charge in [-0.2, -0.15) is 0 Å². The Morgan fingerprint density at radius 1 is 1.15 bits per heavy atom. The van der Waals surface area contributed by atoms with Gasteiger partial charge >= 0.3 is 12.0 Å². The number of piperidine rings is 1. The van der Waals surface area contributed by atoms with E-state index < -0.39 is 6.04 Å². The number of ether oxygens (including phenoxy) is 1. The van der Waals surface area contributed by atoms with Gasteiger partial charge in [-0.05, 0) is 50.4 Å². The van der Waals surface area contributed by atoms with Gasteiger partial charge in [0.1, 0.15) is 0 Å². The number of hydrogen-bond donors (Lipinski definition) is 2. The van der Waals surface area contributed by atoms with Gasteiger partial charge < -0.3 is 15.4 Å². The minimum atomic E-state index is -0.497. The monoisotopic (exact) mass is 371 g/mol. The second kappa shape index (κ2) is 9.04. The number of nitrogens with zero attached hydrogens (tertiary/aromatic N) is 1. The summed E-state index contributed by atoms with van der Waals surface area (Å²) in [6, 6.07) is 7.26. The van der Waals surface area contributed by atoms with Crippen molar-refractivity contribution in [3.8, 4) is 0 Å². The van der Waals surface area contributed by atoms with Gasteiger partial charge in [0.05, 0.1) is 18.2 Å². The first-order valence-corrected chi connectivity index (χ1v) is 9.91. The molecule has 1 atom stereocenters. The van der Waals surface area contributed by atoms with Gasteiger partial charge in [0.2, 0.25) is 0 Å². The molecule has 1 saturated heterocycles. The second-order valence-corrected chi connectivity index (χ2v) is 7.08. The molecule has 1 aromatic carbocycles. The minimum Gasteiger partial charge on any atom is -0.463 e. The van der Waals surface area contributed by atoms with Crippen molar-refractivity contribution >= 4 is 12.0 Å². The van der Waals surface area contributed by atoms with Crippen LogP contribution in [-0.4, -0.2) is 43.1 Å². The maximum atomic E-state index is 12.8. The lowest BCUT2D eigenvalue weighted by molar-refractivity contribution is -0.139. The molecule has 1 aromatic rings. The lowest BCUT2D eigenvalue weighted by Gasteiger charge is -2.33. The first-order chi connectivity index (χ1) is 13.1. The van der Waals surface area contributed by atoms with Crippen LogP contribution in [0.4, 0.5) is 4.79 Å². The maximum Gasteiger partial charge on any atom is 0.338 e. The number of amides is 2. The normalized spacial score (nSPS) is 20.8. The molecule has 3 rings (SSSR count). The fraction of sp³-hybridized carbons (Fsp3) is 0.524. The van der Waals surface area contributed by atoms with Crippen LogP contribution in [0.15, 0.2) is 35.5 Å². The molecule has 2 N–H and O–H groups in total. The van der Waals surface area contributed by atoms with Gasteiger partial charge in [0.25, 0.3) is 0 Å². The van der Waals surface area contributed by atoms with Crippen LogP contribution >= 0.6 is 0 Å². The molecule has 2 heterocycles.